The number of hydrogen-bond donors (Lipinski definition) is 1. The molecular formula is C12H12IN3O. The van der Waals surface area contributed by atoms with Crippen LogP contribution in [0.3, 0.4) is 0 Å². The summed E-state index contributed by atoms with van der Waals surface area (Å²) in [6.45, 7) is 1.31. The lowest BCUT2D eigenvalue weighted by Gasteiger charge is -2.14. The summed E-state index contributed by atoms with van der Waals surface area (Å²) in [6.07, 6.45) is 0.866. The zero-order valence-electron chi connectivity index (χ0n) is 9.19. The van der Waals surface area contributed by atoms with Crippen LogP contribution < -0.4 is 5.73 Å². The highest BCUT2D eigenvalue weighted by Gasteiger charge is 2.20. The van der Waals surface area contributed by atoms with Gasteiger partial charge in [-0.15, -0.1) is 0 Å². The van der Waals surface area contributed by atoms with Gasteiger partial charge in [0.2, 0.25) is 0 Å². The Bertz CT molecular complexity index is 565. The second-order valence-corrected chi connectivity index (χ2v) is 5.25. The molecule has 0 bridgehead atoms. The van der Waals surface area contributed by atoms with Gasteiger partial charge in [-0.3, -0.25) is 0 Å². The predicted molar refractivity (Wildman–Crippen MR) is 74.1 cm³/mol. The SMILES string of the molecule is Nc1nn(-c2cccc(I)c2)c2c1COCC2. The molecule has 0 saturated carbocycles. The molecular weight excluding hydrogens is 329 g/mol. The van der Waals surface area contributed by atoms with Crippen LogP contribution in [0.2, 0.25) is 0 Å². The van der Waals surface area contributed by atoms with Gasteiger partial charge in [-0.25, -0.2) is 4.68 Å². The van der Waals surface area contributed by atoms with Crippen LogP contribution in [-0.2, 0) is 17.8 Å². The van der Waals surface area contributed by atoms with E-state index in [0.717, 1.165) is 24.3 Å². The van der Waals surface area contributed by atoms with E-state index in [4.69, 9.17) is 10.5 Å². The molecule has 0 amide bonds. The minimum Gasteiger partial charge on any atom is -0.382 e. The molecule has 0 unspecified atom stereocenters. The summed E-state index contributed by atoms with van der Waals surface area (Å²) in [5.41, 5.74) is 9.20. The molecule has 0 fully saturated rings. The Labute approximate surface area is 113 Å². The average Bonchev–Trinajstić information content (AvgIpc) is 2.68. The lowest BCUT2D eigenvalue weighted by molar-refractivity contribution is 0.110. The molecule has 0 saturated heterocycles. The molecule has 2 aromatic rings. The first-order valence-electron chi connectivity index (χ1n) is 5.45. The van der Waals surface area contributed by atoms with Gasteiger partial charge in [0, 0.05) is 15.6 Å². The minimum absolute atomic E-state index is 0.574. The standard InChI is InChI=1S/C12H12IN3O/c13-8-2-1-3-9(6-8)16-11-4-5-17-7-10(11)12(14)15-16/h1-3,6H,4-5,7H2,(H2,14,15). The van der Waals surface area contributed by atoms with Crippen molar-refractivity contribution in [3.63, 3.8) is 0 Å². The summed E-state index contributed by atoms with van der Waals surface area (Å²) in [6, 6.07) is 8.24. The molecule has 5 heteroatoms. The normalized spacial score (nSPS) is 14.6. The molecule has 1 aliphatic heterocycles. The highest BCUT2D eigenvalue weighted by atomic mass is 127. The van der Waals surface area contributed by atoms with Gasteiger partial charge in [0.15, 0.2) is 5.82 Å². The van der Waals surface area contributed by atoms with Gasteiger partial charge < -0.3 is 10.5 Å². The Hall–Kier alpha value is -1.08. The van der Waals surface area contributed by atoms with E-state index in [1.165, 1.54) is 9.26 Å². The van der Waals surface area contributed by atoms with Gasteiger partial charge >= 0.3 is 0 Å². The second-order valence-electron chi connectivity index (χ2n) is 4.00. The summed E-state index contributed by atoms with van der Waals surface area (Å²) in [7, 11) is 0. The topological polar surface area (TPSA) is 53.1 Å². The third-order valence-electron chi connectivity index (χ3n) is 2.90. The maximum absolute atomic E-state index is 5.92. The molecule has 88 valence electrons. The lowest BCUT2D eigenvalue weighted by Crippen LogP contribution is -2.13. The van der Waals surface area contributed by atoms with Crippen LogP contribution in [0.1, 0.15) is 11.3 Å². The molecule has 0 radical (unpaired) electrons. The summed E-state index contributed by atoms with van der Waals surface area (Å²) in [5, 5.41) is 4.41. The van der Waals surface area contributed by atoms with E-state index >= 15 is 0 Å². The van der Waals surface area contributed by atoms with E-state index in [1.54, 1.807) is 0 Å². The fourth-order valence-electron chi connectivity index (χ4n) is 2.08. The van der Waals surface area contributed by atoms with Crippen LogP contribution in [0, 0.1) is 3.57 Å². The highest BCUT2D eigenvalue weighted by molar-refractivity contribution is 14.1. The third kappa shape index (κ3) is 1.93. The van der Waals surface area contributed by atoms with Gasteiger partial charge in [-0.2, -0.15) is 5.10 Å². The molecule has 4 nitrogen and oxygen atoms in total. The Kier molecular flexibility index (Phi) is 2.79. The van der Waals surface area contributed by atoms with Crippen molar-refractivity contribution in [3.05, 3.63) is 39.1 Å². The van der Waals surface area contributed by atoms with Crippen molar-refractivity contribution in [2.24, 2.45) is 0 Å². The third-order valence-corrected chi connectivity index (χ3v) is 3.57. The van der Waals surface area contributed by atoms with Crippen molar-refractivity contribution in [2.75, 3.05) is 12.3 Å². The first kappa shape index (κ1) is 11.0. The summed E-state index contributed by atoms with van der Waals surface area (Å²) in [5.74, 6) is 0.582. The van der Waals surface area contributed by atoms with Crippen molar-refractivity contribution >= 4 is 28.4 Å². The number of rotatable bonds is 1. The molecule has 0 aliphatic carbocycles. The van der Waals surface area contributed by atoms with E-state index in [9.17, 15) is 0 Å². The fourth-order valence-corrected chi connectivity index (χ4v) is 2.61. The average molecular weight is 341 g/mol. The number of benzene rings is 1. The first-order valence-corrected chi connectivity index (χ1v) is 6.53. The number of fused-ring (bicyclic) bond motifs is 1. The number of nitrogen functional groups attached to an aromatic ring is 1. The maximum Gasteiger partial charge on any atom is 0.151 e. The number of anilines is 1. The lowest BCUT2D eigenvalue weighted by atomic mass is 10.1. The molecule has 17 heavy (non-hydrogen) atoms. The number of hydrogen-bond acceptors (Lipinski definition) is 3. The van der Waals surface area contributed by atoms with Gasteiger partial charge in [0.25, 0.3) is 0 Å². The van der Waals surface area contributed by atoms with E-state index < -0.39 is 0 Å². The van der Waals surface area contributed by atoms with Crippen molar-refractivity contribution in [3.8, 4) is 5.69 Å². The minimum atomic E-state index is 0.574. The molecule has 2 heterocycles. The number of nitrogens with zero attached hydrogens (tertiary/aromatic N) is 2. The summed E-state index contributed by atoms with van der Waals surface area (Å²) < 4.78 is 8.54. The quantitative estimate of drug-likeness (QED) is 0.809. The predicted octanol–water partition coefficient (Wildman–Crippen LogP) is 2.13. The summed E-state index contributed by atoms with van der Waals surface area (Å²) >= 11 is 2.30. The van der Waals surface area contributed by atoms with E-state index in [-0.39, 0.29) is 0 Å². The molecule has 2 N–H and O–H groups in total. The zero-order chi connectivity index (χ0) is 11.8. The molecule has 1 aromatic carbocycles. The first-order chi connectivity index (χ1) is 8.25. The van der Waals surface area contributed by atoms with E-state index in [0.29, 0.717) is 12.4 Å². The van der Waals surface area contributed by atoms with E-state index in [1.807, 2.05) is 16.8 Å². The van der Waals surface area contributed by atoms with Crippen molar-refractivity contribution in [1.29, 1.82) is 0 Å². The molecule has 0 spiro atoms. The van der Waals surface area contributed by atoms with Gasteiger partial charge in [-0.05, 0) is 40.8 Å². The Morgan fingerprint density at radius 2 is 2.29 bits per heavy atom. The Morgan fingerprint density at radius 3 is 3.12 bits per heavy atom. The largest absolute Gasteiger partial charge is 0.382 e. The highest BCUT2D eigenvalue weighted by Crippen LogP contribution is 2.25. The molecule has 1 aliphatic rings. The zero-order valence-corrected chi connectivity index (χ0v) is 11.3. The van der Waals surface area contributed by atoms with Gasteiger partial charge in [0.1, 0.15) is 0 Å². The van der Waals surface area contributed by atoms with Crippen molar-refractivity contribution < 1.29 is 4.74 Å². The Morgan fingerprint density at radius 1 is 1.41 bits per heavy atom. The number of aromatic nitrogens is 2. The van der Waals surface area contributed by atoms with Crippen LogP contribution in [0.4, 0.5) is 5.82 Å². The monoisotopic (exact) mass is 341 g/mol. The molecule has 0 atom stereocenters. The maximum atomic E-state index is 5.92. The van der Waals surface area contributed by atoms with Crippen LogP contribution >= 0.6 is 22.6 Å². The second kappa shape index (κ2) is 4.30. The van der Waals surface area contributed by atoms with Crippen LogP contribution in [0.5, 0.6) is 0 Å². The number of nitrogens with two attached hydrogens (primary N) is 1. The molecule has 3 rings (SSSR count). The van der Waals surface area contributed by atoms with Gasteiger partial charge in [0.05, 0.1) is 24.6 Å². The summed E-state index contributed by atoms with van der Waals surface area (Å²) in [4.78, 5) is 0. The molecule has 1 aromatic heterocycles. The van der Waals surface area contributed by atoms with Crippen molar-refractivity contribution in [1.82, 2.24) is 9.78 Å². The van der Waals surface area contributed by atoms with Crippen molar-refractivity contribution in [2.45, 2.75) is 13.0 Å². The van der Waals surface area contributed by atoms with Crippen LogP contribution in [0.15, 0.2) is 24.3 Å². The Balaban J connectivity index is 2.15. The smallest absolute Gasteiger partial charge is 0.151 e. The van der Waals surface area contributed by atoms with Crippen LogP contribution in [-0.4, -0.2) is 16.4 Å². The number of ether oxygens (including phenoxy) is 1. The van der Waals surface area contributed by atoms with E-state index in [2.05, 4.69) is 39.8 Å². The van der Waals surface area contributed by atoms with Crippen LogP contribution in [0.25, 0.3) is 5.69 Å². The fraction of sp³-hybridized carbons (Fsp3) is 0.250. The van der Waals surface area contributed by atoms with Gasteiger partial charge in [-0.1, -0.05) is 6.07 Å². The number of halogens is 1.